The van der Waals surface area contributed by atoms with Crippen LogP contribution in [0.2, 0.25) is 0 Å². The molecular weight excluding hydrogens is 345 g/mol. The third-order valence-electron chi connectivity index (χ3n) is 3.72. The summed E-state index contributed by atoms with van der Waals surface area (Å²) < 4.78 is 17.8. The number of aromatic nitrogens is 2. The zero-order chi connectivity index (χ0) is 16.1. The third kappa shape index (κ3) is 4.53. The van der Waals surface area contributed by atoms with Gasteiger partial charge in [-0.2, -0.15) is 0 Å². The summed E-state index contributed by atoms with van der Waals surface area (Å²) in [6, 6.07) is 0. The molecule has 2 rings (SSSR count). The Morgan fingerprint density at radius 3 is 3.00 bits per heavy atom. The van der Waals surface area contributed by atoms with Crippen molar-refractivity contribution in [2.45, 2.75) is 38.7 Å². The minimum absolute atomic E-state index is 0.0897. The number of aliphatic hydroxyl groups is 1. The largest absolute Gasteiger partial charge is 0.391 e. The van der Waals surface area contributed by atoms with Crippen LogP contribution in [0.1, 0.15) is 18.9 Å². The Labute approximate surface area is 132 Å². The number of aromatic amines is 1. The van der Waals surface area contributed by atoms with Gasteiger partial charge in [-0.05, 0) is 26.5 Å². The normalized spacial score (nSPS) is 26.0. The van der Waals surface area contributed by atoms with Gasteiger partial charge in [-0.15, -0.1) is 0 Å². The van der Waals surface area contributed by atoms with Gasteiger partial charge in [0.05, 0.1) is 30.9 Å². The SMILES string of the molecule is CC1C[C@H](Cn2cc(CO)c(=O)[nH]c2=O)O[C@@H]1CPPP=O. The highest BCUT2D eigenvalue weighted by Crippen LogP contribution is 2.48. The van der Waals surface area contributed by atoms with Crippen molar-refractivity contribution in [2.75, 3.05) is 6.16 Å². The Balaban J connectivity index is 2.01. The van der Waals surface area contributed by atoms with Crippen LogP contribution in [-0.4, -0.2) is 33.0 Å². The maximum atomic E-state index is 11.8. The van der Waals surface area contributed by atoms with E-state index in [2.05, 4.69) is 11.9 Å². The average molecular weight is 364 g/mol. The van der Waals surface area contributed by atoms with Crippen LogP contribution in [0.3, 0.4) is 0 Å². The third-order valence-corrected chi connectivity index (χ3v) is 8.18. The van der Waals surface area contributed by atoms with Crippen LogP contribution in [0.25, 0.3) is 0 Å². The first-order valence-electron chi connectivity index (χ1n) is 6.94. The molecule has 0 aliphatic carbocycles. The highest BCUT2D eigenvalue weighted by molar-refractivity contribution is 8.40. The topological polar surface area (TPSA) is 101 Å². The summed E-state index contributed by atoms with van der Waals surface area (Å²) in [5, 5.41) is 9.11. The summed E-state index contributed by atoms with van der Waals surface area (Å²) >= 11 is 0. The molecule has 1 aromatic rings. The van der Waals surface area contributed by atoms with Gasteiger partial charge in [-0.25, -0.2) is 4.79 Å². The van der Waals surface area contributed by atoms with E-state index in [-0.39, 0.29) is 25.9 Å². The number of ether oxygens (including phenoxy) is 1. The molecule has 1 fully saturated rings. The fraction of sp³-hybridized carbons (Fsp3) is 0.667. The highest BCUT2D eigenvalue weighted by atomic mass is 32.4. The fourth-order valence-electron chi connectivity index (χ4n) is 2.57. The van der Waals surface area contributed by atoms with Gasteiger partial charge >= 0.3 is 5.69 Å². The van der Waals surface area contributed by atoms with Gasteiger partial charge in [0, 0.05) is 6.20 Å². The van der Waals surface area contributed by atoms with Gasteiger partial charge in [0.25, 0.3) is 5.56 Å². The lowest BCUT2D eigenvalue weighted by Gasteiger charge is -2.15. The summed E-state index contributed by atoms with van der Waals surface area (Å²) in [4.78, 5) is 25.4. The Morgan fingerprint density at radius 1 is 1.55 bits per heavy atom. The molecule has 10 heteroatoms. The summed E-state index contributed by atoms with van der Waals surface area (Å²) in [6.07, 6.45) is 3.17. The van der Waals surface area contributed by atoms with Crippen LogP contribution in [-0.2, 0) is 22.5 Å². The van der Waals surface area contributed by atoms with Gasteiger partial charge < -0.3 is 9.84 Å². The first kappa shape index (κ1) is 17.9. The molecule has 1 saturated heterocycles. The van der Waals surface area contributed by atoms with Crippen LogP contribution in [0.5, 0.6) is 0 Å². The molecule has 0 spiro atoms. The Kier molecular flexibility index (Phi) is 6.86. The van der Waals surface area contributed by atoms with Crippen LogP contribution in [0.4, 0.5) is 0 Å². The van der Waals surface area contributed by atoms with E-state index >= 15 is 0 Å². The maximum Gasteiger partial charge on any atom is 0.328 e. The van der Waals surface area contributed by atoms with Crippen molar-refractivity contribution in [2.24, 2.45) is 5.92 Å². The van der Waals surface area contributed by atoms with E-state index in [0.29, 0.717) is 28.7 Å². The van der Waals surface area contributed by atoms with Crippen molar-refractivity contribution in [3.05, 3.63) is 32.6 Å². The van der Waals surface area contributed by atoms with E-state index in [9.17, 15) is 14.2 Å². The lowest BCUT2D eigenvalue weighted by atomic mass is 10.0. The van der Waals surface area contributed by atoms with E-state index in [1.54, 1.807) is 0 Å². The first-order chi connectivity index (χ1) is 10.5. The van der Waals surface area contributed by atoms with Crippen molar-refractivity contribution >= 4 is 24.4 Å². The minimum atomic E-state index is -0.554. The maximum absolute atomic E-state index is 11.8. The molecule has 1 aliphatic rings. The van der Waals surface area contributed by atoms with Crippen LogP contribution < -0.4 is 11.2 Å². The number of nitrogens with one attached hydrogen (secondary N) is 1. The number of nitrogens with zero attached hydrogens (tertiary/aromatic N) is 1. The van der Waals surface area contributed by atoms with Crippen LogP contribution in [0.15, 0.2) is 15.8 Å². The van der Waals surface area contributed by atoms with Crippen molar-refractivity contribution in [1.29, 1.82) is 0 Å². The lowest BCUT2D eigenvalue weighted by molar-refractivity contribution is 0.0401. The second-order valence-electron chi connectivity index (χ2n) is 5.32. The number of hydrogen-bond donors (Lipinski definition) is 2. The number of H-pyrrole nitrogens is 1. The molecule has 7 nitrogen and oxygen atoms in total. The van der Waals surface area contributed by atoms with E-state index < -0.39 is 17.9 Å². The Hall–Kier alpha value is -0.440. The molecule has 0 aromatic carbocycles. The molecular formula is C12H19N2O5P3. The van der Waals surface area contributed by atoms with Gasteiger partial charge in [0.2, 0.25) is 0 Å². The fourth-order valence-corrected chi connectivity index (χ4v) is 5.90. The van der Waals surface area contributed by atoms with E-state index in [0.717, 1.165) is 12.6 Å². The molecule has 1 aliphatic heterocycles. The van der Waals surface area contributed by atoms with Crippen molar-refractivity contribution in [1.82, 2.24) is 9.55 Å². The Bertz CT molecular complexity index is 632. The van der Waals surface area contributed by atoms with Gasteiger partial charge in [-0.3, -0.25) is 18.9 Å². The molecule has 22 heavy (non-hydrogen) atoms. The monoisotopic (exact) mass is 364 g/mol. The van der Waals surface area contributed by atoms with Gasteiger partial charge in [0.15, 0.2) is 8.15 Å². The molecule has 3 unspecified atom stereocenters. The standard InChI is InChI=1S/C12H19N2O5P3/c1-7-2-9(19-10(7)6-20-22-21-18)4-14-3-8(5-15)11(16)13-12(14)17/h3,7,9-10,15,20,22H,2,4-6H2,1H3,(H,13,16,17)/t7?,9-,10-/m1/s1. The minimum Gasteiger partial charge on any atom is -0.391 e. The Morgan fingerprint density at radius 2 is 2.32 bits per heavy atom. The predicted octanol–water partition coefficient (Wildman–Crippen LogP) is 1.30. The van der Waals surface area contributed by atoms with Crippen molar-refractivity contribution in [3.63, 3.8) is 0 Å². The molecule has 5 atom stereocenters. The molecule has 2 heterocycles. The van der Waals surface area contributed by atoms with Crippen LogP contribution in [0, 0.1) is 5.92 Å². The molecule has 1 aromatic heterocycles. The second-order valence-corrected chi connectivity index (χ2v) is 10.8. The predicted molar refractivity (Wildman–Crippen MR) is 88.8 cm³/mol. The second kappa shape index (κ2) is 8.42. The van der Waals surface area contributed by atoms with E-state index in [4.69, 9.17) is 9.84 Å². The molecule has 0 saturated carbocycles. The first-order valence-corrected chi connectivity index (χ1v) is 11.8. The smallest absolute Gasteiger partial charge is 0.328 e. The number of aliphatic hydroxyl groups excluding tert-OH is 1. The van der Waals surface area contributed by atoms with E-state index in [1.165, 1.54) is 10.8 Å². The summed E-state index contributed by atoms with van der Waals surface area (Å²) in [5.41, 5.74) is -0.879. The number of rotatable bonds is 7. The lowest BCUT2D eigenvalue weighted by Crippen LogP contribution is -2.34. The molecule has 2 N–H and O–H groups in total. The highest BCUT2D eigenvalue weighted by Gasteiger charge is 2.32. The zero-order valence-corrected chi connectivity index (χ0v) is 15.0. The summed E-state index contributed by atoms with van der Waals surface area (Å²) in [7, 11) is 1.27. The van der Waals surface area contributed by atoms with E-state index in [1.807, 2.05) is 0 Å². The van der Waals surface area contributed by atoms with Gasteiger partial charge in [0.1, 0.15) is 0 Å². The van der Waals surface area contributed by atoms with Crippen molar-refractivity contribution in [3.8, 4) is 0 Å². The van der Waals surface area contributed by atoms with Gasteiger partial charge in [-0.1, -0.05) is 15.2 Å². The number of hydrogen-bond acceptors (Lipinski definition) is 5. The zero-order valence-electron chi connectivity index (χ0n) is 12.1. The van der Waals surface area contributed by atoms with Crippen LogP contribution >= 0.6 is 24.4 Å². The molecule has 122 valence electrons. The quantitative estimate of drug-likeness (QED) is 0.561. The average Bonchev–Trinajstić information content (AvgIpc) is 2.82. The summed E-state index contributed by atoms with van der Waals surface area (Å²) in [5.74, 6) is 0.390. The molecule has 0 bridgehead atoms. The molecule has 0 amide bonds. The summed E-state index contributed by atoms with van der Waals surface area (Å²) in [6.45, 7) is 2.06. The van der Waals surface area contributed by atoms with Crippen molar-refractivity contribution < 1.29 is 14.4 Å². The molecule has 0 radical (unpaired) electrons.